The van der Waals surface area contributed by atoms with Crippen molar-refractivity contribution < 1.29 is 4.79 Å². The van der Waals surface area contributed by atoms with Crippen LogP contribution in [0.2, 0.25) is 0 Å². The second-order valence-corrected chi connectivity index (χ2v) is 3.67. The van der Waals surface area contributed by atoms with Crippen LogP contribution in [0.5, 0.6) is 0 Å². The van der Waals surface area contributed by atoms with Gasteiger partial charge in [-0.05, 0) is 11.6 Å². The molecule has 1 aromatic heterocycles. The molecule has 15 heavy (non-hydrogen) atoms. The van der Waals surface area contributed by atoms with Gasteiger partial charge in [-0.1, -0.05) is 6.07 Å². The van der Waals surface area contributed by atoms with E-state index in [2.05, 4.69) is 10.3 Å². The molecule has 80 valence electrons. The van der Waals surface area contributed by atoms with Crippen LogP contribution >= 0.6 is 0 Å². The second kappa shape index (κ2) is 4.89. The molecule has 0 radical (unpaired) electrons. The number of pyridine rings is 1. The topological polar surface area (TPSA) is 45.2 Å². The number of aromatic nitrogens is 1. The Balaban J connectivity index is 1.91. The number of piperazine rings is 1. The summed E-state index contributed by atoms with van der Waals surface area (Å²) in [5.41, 5.74) is 0.987. The first-order valence-corrected chi connectivity index (χ1v) is 5.23. The van der Waals surface area contributed by atoms with Gasteiger partial charge in [-0.15, -0.1) is 0 Å². The lowest BCUT2D eigenvalue weighted by Crippen LogP contribution is -2.46. The molecule has 0 bridgehead atoms. The highest BCUT2D eigenvalue weighted by atomic mass is 16.2. The summed E-state index contributed by atoms with van der Waals surface area (Å²) in [6.07, 6.45) is 3.94. The van der Waals surface area contributed by atoms with E-state index in [-0.39, 0.29) is 5.91 Å². The van der Waals surface area contributed by atoms with Crippen LogP contribution < -0.4 is 5.32 Å². The smallest absolute Gasteiger partial charge is 0.227 e. The highest BCUT2D eigenvalue weighted by Crippen LogP contribution is 2.02. The summed E-state index contributed by atoms with van der Waals surface area (Å²) in [6.45, 7) is 3.44. The fourth-order valence-electron chi connectivity index (χ4n) is 1.70. The van der Waals surface area contributed by atoms with E-state index in [9.17, 15) is 4.79 Å². The molecule has 0 atom stereocenters. The summed E-state index contributed by atoms with van der Waals surface area (Å²) in [6, 6.07) is 3.80. The fourth-order valence-corrected chi connectivity index (χ4v) is 1.70. The molecular formula is C11H15N3O. The normalized spacial score (nSPS) is 16.4. The van der Waals surface area contributed by atoms with Gasteiger partial charge in [0.2, 0.25) is 5.91 Å². The van der Waals surface area contributed by atoms with Crippen molar-refractivity contribution in [3.8, 4) is 0 Å². The maximum atomic E-state index is 11.8. The maximum Gasteiger partial charge on any atom is 0.227 e. The van der Waals surface area contributed by atoms with Crippen molar-refractivity contribution in [2.75, 3.05) is 26.2 Å². The van der Waals surface area contributed by atoms with Gasteiger partial charge in [0.15, 0.2) is 0 Å². The number of hydrogen-bond acceptors (Lipinski definition) is 3. The first-order valence-electron chi connectivity index (χ1n) is 5.23. The maximum absolute atomic E-state index is 11.8. The van der Waals surface area contributed by atoms with Crippen molar-refractivity contribution >= 4 is 5.91 Å². The molecule has 1 aliphatic heterocycles. The van der Waals surface area contributed by atoms with Crippen LogP contribution in [0, 0.1) is 0 Å². The summed E-state index contributed by atoms with van der Waals surface area (Å²) in [7, 11) is 0. The van der Waals surface area contributed by atoms with Crippen molar-refractivity contribution in [3.05, 3.63) is 30.1 Å². The van der Waals surface area contributed by atoms with Crippen LogP contribution in [0.15, 0.2) is 24.5 Å². The number of amides is 1. The molecule has 1 fully saturated rings. The zero-order chi connectivity index (χ0) is 10.5. The summed E-state index contributed by atoms with van der Waals surface area (Å²) in [5, 5.41) is 3.23. The summed E-state index contributed by atoms with van der Waals surface area (Å²) in [5.74, 6) is 0.199. The van der Waals surface area contributed by atoms with Gasteiger partial charge in [-0.2, -0.15) is 0 Å². The number of nitrogens with one attached hydrogen (secondary N) is 1. The van der Waals surface area contributed by atoms with E-state index in [1.807, 2.05) is 17.0 Å². The van der Waals surface area contributed by atoms with Crippen LogP contribution in [0.4, 0.5) is 0 Å². The molecule has 1 aliphatic rings. The third-order valence-corrected chi connectivity index (χ3v) is 2.55. The van der Waals surface area contributed by atoms with Gasteiger partial charge >= 0.3 is 0 Å². The van der Waals surface area contributed by atoms with Crippen LogP contribution in [0.1, 0.15) is 5.56 Å². The van der Waals surface area contributed by atoms with Crippen molar-refractivity contribution in [2.24, 2.45) is 0 Å². The fraction of sp³-hybridized carbons (Fsp3) is 0.455. The number of rotatable bonds is 2. The number of nitrogens with zero attached hydrogens (tertiary/aromatic N) is 2. The van der Waals surface area contributed by atoms with Crippen molar-refractivity contribution in [3.63, 3.8) is 0 Å². The van der Waals surface area contributed by atoms with Crippen molar-refractivity contribution in [1.29, 1.82) is 0 Å². The Bertz CT molecular complexity index is 320. The van der Waals surface area contributed by atoms with E-state index in [1.165, 1.54) is 0 Å². The Morgan fingerprint density at radius 3 is 2.93 bits per heavy atom. The molecule has 1 N–H and O–H groups in total. The molecular weight excluding hydrogens is 190 g/mol. The van der Waals surface area contributed by atoms with Crippen molar-refractivity contribution in [1.82, 2.24) is 15.2 Å². The molecule has 2 heterocycles. The van der Waals surface area contributed by atoms with Gasteiger partial charge < -0.3 is 10.2 Å². The Morgan fingerprint density at radius 2 is 2.27 bits per heavy atom. The van der Waals surface area contributed by atoms with E-state index < -0.39 is 0 Å². The highest BCUT2D eigenvalue weighted by molar-refractivity contribution is 5.78. The summed E-state index contributed by atoms with van der Waals surface area (Å²) < 4.78 is 0. The minimum Gasteiger partial charge on any atom is -0.340 e. The molecule has 1 saturated heterocycles. The second-order valence-electron chi connectivity index (χ2n) is 3.67. The van der Waals surface area contributed by atoms with Crippen LogP contribution in [0.25, 0.3) is 0 Å². The van der Waals surface area contributed by atoms with Gasteiger partial charge in [0.25, 0.3) is 0 Å². The predicted octanol–water partition coefficient (Wildman–Crippen LogP) is 0.0559. The SMILES string of the molecule is O=C(Cc1cccnc1)N1CCNCC1. The Labute approximate surface area is 89.3 Å². The molecule has 2 rings (SSSR count). The van der Waals surface area contributed by atoms with Crippen LogP contribution in [-0.4, -0.2) is 42.0 Å². The molecule has 0 aliphatic carbocycles. The summed E-state index contributed by atoms with van der Waals surface area (Å²) >= 11 is 0. The van der Waals surface area contributed by atoms with E-state index in [0.29, 0.717) is 6.42 Å². The Morgan fingerprint density at radius 1 is 1.47 bits per heavy atom. The molecule has 1 amide bonds. The van der Waals surface area contributed by atoms with E-state index in [4.69, 9.17) is 0 Å². The van der Waals surface area contributed by atoms with Gasteiger partial charge in [-0.3, -0.25) is 9.78 Å². The average Bonchev–Trinajstić information content (AvgIpc) is 2.31. The number of carbonyl (C=O) groups is 1. The Kier molecular flexibility index (Phi) is 3.29. The molecule has 0 aromatic carbocycles. The lowest BCUT2D eigenvalue weighted by molar-refractivity contribution is -0.131. The van der Waals surface area contributed by atoms with Crippen molar-refractivity contribution in [2.45, 2.75) is 6.42 Å². The molecule has 1 aromatic rings. The minimum absolute atomic E-state index is 0.199. The standard InChI is InChI=1S/C11H15N3O/c15-11(14-6-4-12-5-7-14)8-10-2-1-3-13-9-10/h1-3,9,12H,4-8H2. The molecule has 0 saturated carbocycles. The molecule has 0 unspecified atom stereocenters. The van der Waals surface area contributed by atoms with Gasteiger partial charge in [0, 0.05) is 38.6 Å². The lowest BCUT2D eigenvalue weighted by Gasteiger charge is -2.27. The van der Waals surface area contributed by atoms with E-state index >= 15 is 0 Å². The Hall–Kier alpha value is -1.42. The first-order chi connectivity index (χ1) is 7.36. The molecule has 4 heteroatoms. The molecule has 4 nitrogen and oxygen atoms in total. The quantitative estimate of drug-likeness (QED) is 0.742. The first kappa shape index (κ1) is 10.1. The molecule has 0 spiro atoms. The van der Waals surface area contributed by atoms with Gasteiger partial charge in [-0.25, -0.2) is 0 Å². The average molecular weight is 205 g/mol. The van der Waals surface area contributed by atoms with Crippen LogP contribution in [0.3, 0.4) is 0 Å². The monoisotopic (exact) mass is 205 g/mol. The zero-order valence-corrected chi connectivity index (χ0v) is 8.65. The lowest BCUT2D eigenvalue weighted by atomic mass is 10.2. The summed E-state index contributed by atoms with van der Waals surface area (Å²) in [4.78, 5) is 17.7. The zero-order valence-electron chi connectivity index (χ0n) is 8.65. The van der Waals surface area contributed by atoms with Crippen LogP contribution in [-0.2, 0) is 11.2 Å². The predicted molar refractivity (Wildman–Crippen MR) is 57.4 cm³/mol. The van der Waals surface area contributed by atoms with E-state index in [1.54, 1.807) is 12.4 Å². The largest absolute Gasteiger partial charge is 0.340 e. The van der Waals surface area contributed by atoms with Gasteiger partial charge in [0.1, 0.15) is 0 Å². The minimum atomic E-state index is 0.199. The number of hydrogen-bond donors (Lipinski definition) is 1. The van der Waals surface area contributed by atoms with Gasteiger partial charge in [0.05, 0.1) is 6.42 Å². The third kappa shape index (κ3) is 2.76. The van der Waals surface area contributed by atoms with E-state index in [0.717, 1.165) is 31.7 Å². The third-order valence-electron chi connectivity index (χ3n) is 2.55. The highest BCUT2D eigenvalue weighted by Gasteiger charge is 2.15. The number of carbonyl (C=O) groups excluding carboxylic acids is 1.